The van der Waals surface area contributed by atoms with Gasteiger partial charge in [0.25, 0.3) is 0 Å². The molecule has 0 saturated heterocycles. The van der Waals surface area contributed by atoms with Crippen LogP contribution in [0.5, 0.6) is 0 Å². The summed E-state index contributed by atoms with van der Waals surface area (Å²) in [6, 6.07) is 10.5. The predicted octanol–water partition coefficient (Wildman–Crippen LogP) is 1.78. The van der Waals surface area contributed by atoms with Gasteiger partial charge in [0.1, 0.15) is 18.6 Å². The van der Waals surface area contributed by atoms with Gasteiger partial charge in [-0.15, -0.1) is 0 Å². The second kappa shape index (κ2) is 6.37. The van der Waals surface area contributed by atoms with Gasteiger partial charge in [0.05, 0.1) is 22.2 Å². The van der Waals surface area contributed by atoms with Gasteiger partial charge in [-0.1, -0.05) is 6.07 Å². The van der Waals surface area contributed by atoms with Crippen molar-refractivity contribution in [3.63, 3.8) is 0 Å². The molecule has 4 N–H and O–H groups in total. The lowest BCUT2D eigenvalue weighted by Crippen LogP contribution is -2.13. The molecule has 8 nitrogen and oxygen atoms in total. The van der Waals surface area contributed by atoms with Crippen molar-refractivity contribution < 1.29 is 19.8 Å². The van der Waals surface area contributed by atoms with Crippen molar-refractivity contribution in [1.29, 1.82) is 0 Å². The molecule has 0 unspecified atom stereocenters. The quantitative estimate of drug-likeness (QED) is 0.505. The largest absolute Gasteiger partial charge is 0.480 e. The number of hydrogen-bond donors (Lipinski definition) is 4. The number of rotatable bonds is 6. The molecule has 0 aliphatic carbocycles. The van der Waals surface area contributed by atoms with E-state index in [1.165, 1.54) is 0 Å². The molecule has 2 aromatic carbocycles. The number of hydrogen-bond acceptors (Lipinski definition) is 6. The minimum atomic E-state index is -0.971. The summed E-state index contributed by atoms with van der Waals surface area (Å²) in [6.07, 6.45) is 0. The average Bonchev–Trinajstić information content (AvgIpc) is 2.56. The number of nitrogens with zero attached hydrogens (tertiary/aromatic N) is 2. The van der Waals surface area contributed by atoms with Gasteiger partial charge in [0.2, 0.25) is 0 Å². The van der Waals surface area contributed by atoms with Crippen LogP contribution >= 0.6 is 0 Å². The lowest BCUT2D eigenvalue weighted by molar-refractivity contribution is -0.135. The SMILES string of the molecule is O=C(O)CNc1ccc2nc3cccc(NCC(=O)O)c3nc2c1. The summed E-state index contributed by atoms with van der Waals surface area (Å²) in [6.45, 7) is -0.420. The number of benzene rings is 2. The summed E-state index contributed by atoms with van der Waals surface area (Å²) >= 11 is 0. The molecule has 3 rings (SSSR count). The van der Waals surface area contributed by atoms with Gasteiger partial charge in [-0.3, -0.25) is 9.59 Å². The summed E-state index contributed by atoms with van der Waals surface area (Å²) in [5.41, 5.74) is 3.65. The van der Waals surface area contributed by atoms with Crippen LogP contribution in [0.4, 0.5) is 11.4 Å². The van der Waals surface area contributed by atoms with Gasteiger partial charge < -0.3 is 20.8 Å². The molecule has 0 fully saturated rings. The van der Waals surface area contributed by atoms with Crippen LogP contribution in [0.1, 0.15) is 0 Å². The molecule has 3 aromatic rings. The molecule has 122 valence electrons. The van der Waals surface area contributed by atoms with E-state index in [1.54, 1.807) is 36.4 Å². The topological polar surface area (TPSA) is 124 Å². The van der Waals surface area contributed by atoms with E-state index in [4.69, 9.17) is 10.2 Å². The zero-order valence-electron chi connectivity index (χ0n) is 12.5. The minimum Gasteiger partial charge on any atom is -0.480 e. The summed E-state index contributed by atoms with van der Waals surface area (Å²) < 4.78 is 0. The van der Waals surface area contributed by atoms with E-state index in [-0.39, 0.29) is 13.1 Å². The van der Waals surface area contributed by atoms with Gasteiger partial charge in [-0.2, -0.15) is 0 Å². The van der Waals surface area contributed by atoms with Crippen molar-refractivity contribution in [3.8, 4) is 0 Å². The Hall–Kier alpha value is -3.42. The molecular weight excluding hydrogens is 312 g/mol. The molecule has 0 spiro atoms. The Bertz CT molecular complexity index is 942. The second-order valence-corrected chi connectivity index (χ2v) is 5.09. The monoisotopic (exact) mass is 326 g/mol. The highest BCUT2D eigenvalue weighted by Gasteiger charge is 2.08. The fourth-order valence-corrected chi connectivity index (χ4v) is 2.30. The number of carbonyl (C=O) groups is 2. The minimum absolute atomic E-state index is 0.196. The summed E-state index contributed by atoms with van der Waals surface area (Å²) in [7, 11) is 0. The molecule has 0 aliphatic heterocycles. The summed E-state index contributed by atoms with van der Waals surface area (Å²) in [5, 5.41) is 23.1. The van der Waals surface area contributed by atoms with E-state index in [0.29, 0.717) is 33.4 Å². The molecule has 0 radical (unpaired) electrons. The number of carboxylic acids is 2. The second-order valence-electron chi connectivity index (χ2n) is 5.09. The Morgan fingerprint density at radius 3 is 2.38 bits per heavy atom. The maximum Gasteiger partial charge on any atom is 0.322 e. The van der Waals surface area contributed by atoms with Gasteiger partial charge in [0.15, 0.2) is 0 Å². The predicted molar refractivity (Wildman–Crippen MR) is 89.3 cm³/mol. The zero-order chi connectivity index (χ0) is 17.1. The third-order valence-electron chi connectivity index (χ3n) is 3.34. The van der Waals surface area contributed by atoms with Crippen LogP contribution in [-0.2, 0) is 9.59 Å². The molecule has 0 aliphatic rings. The van der Waals surface area contributed by atoms with Crippen molar-refractivity contribution in [3.05, 3.63) is 36.4 Å². The number of aliphatic carboxylic acids is 2. The Morgan fingerprint density at radius 1 is 0.875 bits per heavy atom. The maximum atomic E-state index is 10.7. The molecule has 8 heteroatoms. The van der Waals surface area contributed by atoms with Crippen molar-refractivity contribution in [2.45, 2.75) is 0 Å². The van der Waals surface area contributed by atoms with Crippen LogP contribution in [0.3, 0.4) is 0 Å². The Kier molecular flexibility index (Phi) is 4.11. The maximum absolute atomic E-state index is 10.7. The number of aromatic nitrogens is 2. The van der Waals surface area contributed by atoms with Crippen LogP contribution in [0, 0.1) is 0 Å². The zero-order valence-corrected chi connectivity index (χ0v) is 12.5. The first-order valence-electron chi connectivity index (χ1n) is 7.15. The van der Waals surface area contributed by atoms with Crippen LogP contribution in [0.2, 0.25) is 0 Å². The van der Waals surface area contributed by atoms with Crippen molar-refractivity contribution in [2.24, 2.45) is 0 Å². The first-order valence-corrected chi connectivity index (χ1v) is 7.15. The molecule has 0 amide bonds. The van der Waals surface area contributed by atoms with Gasteiger partial charge in [0, 0.05) is 5.69 Å². The number of nitrogens with one attached hydrogen (secondary N) is 2. The van der Waals surface area contributed by atoms with Crippen LogP contribution in [0.25, 0.3) is 22.1 Å². The standard InChI is InChI=1S/C16H14N4O4/c21-14(22)7-17-9-4-5-10-13(6-9)20-16-11(18-8-15(23)24)2-1-3-12(16)19-10/h1-6,17-18H,7-8H2,(H,21,22)(H,23,24). The fourth-order valence-electron chi connectivity index (χ4n) is 2.30. The van der Waals surface area contributed by atoms with E-state index in [0.717, 1.165) is 0 Å². The third-order valence-corrected chi connectivity index (χ3v) is 3.34. The first-order chi connectivity index (χ1) is 11.5. The highest BCUT2D eigenvalue weighted by atomic mass is 16.4. The molecule has 1 heterocycles. The fraction of sp³-hybridized carbons (Fsp3) is 0.125. The molecule has 0 bridgehead atoms. The average molecular weight is 326 g/mol. The smallest absolute Gasteiger partial charge is 0.322 e. The summed E-state index contributed by atoms with van der Waals surface area (Å²) in [4.78, 5) is 30.4. The molecule has 0 saturated carbocycles. The van der Waals surface area contributed by atoms with Gasteiger partial charge >= 0.3 is 11.9 Å². The molecular formula is C16H14N4O4. The van der Waals surface area contributed by atoms with Crippen LogP contribution in [0.15, 0.2) is 36.4 Å². The number of fused-ring (bicyclic) bond motifs is 2. The van der Waals surface area contributed by atoms with Crippen molar-refractivity contribution in [2.75, 3.05) is 23.7 Å². The van der Waals surface area contributed by atoms with Crippen LogP contribution in [-0.4, -0.2) is 45.2 Å². The molecule has 0 atom stereocenters. The number of anilines is 2. The van der Waals surface area contributed by atoms with Crippen LogP contribution < -0.4 is 10.6 Å². The lowest BCUT2D eigenvalue weighted by atomic mass is 10.2. The Balaban J connectivity index is 2.03. The Morgan fingerprint density at radius 2 is 1.62 bits per heavy atom. The number of carboxylic acid groups (broad SMARTS) is 2. The van der Waals surface area contributed by atoms with Gasteiger partial charge in [-0.25, -0.2) is 9.97 Å². The highest BCUT2D eigenvalue weighted by Crippen LogP contribution is 2.24. The third kappa shape index (κ3) is 3.32. The Labute approximate surface area is 136 Å². The van der Waals surface area contributed by atoms with Crippen molar-refractivity contribution >= 4 is 45.4 Å². The lowest BCUT2D eigenvalue weighted by Gasteiger charge is -2.09. The van der Waals surface area contributed by atoms with E-state index < -0.39 is 11.9 Å². The number of para-hydroxylation sites is 1. The molecule has 24 heavy (non-hydrogen) atoms. The van der Waals surface area contributed by atoms with E-state index in [1.807, 2.05) is 0 Å². The van der Waals surface area contributed by atoms with Gasteiger partial charge in [-0.05, 0) is 30.3 Å². The van der Waals surface area contributed by atoms with E-state index in [2.05, 4.69) is 20.6 Å². The normalized spacial score (nSPS) is 10.7. The highest BCUT2D eigenvalue weighted by molar-refractivity contribution is 5.95. The summed E-state index contributed by atoms with van der Waals surface area (Å²) in [5.74, 6) is -1.93. The molecule has 1 aromatic heterocycles. The van der Waals surface area contributed by atoms with E-state index in [9.17, 15) is 9.59 Å². The van der Waals surface area contributed by atoms with E-state index >= 15 is 0 Å². The first kappa shape index (κ1) is 15.5. The van der Waals surface area contributed by atoms with Crippen molar-refractivity contribution in [1.82, 2.24) is 9.97 Å².